The van der Waals surface area contributed by atoms with Crippen molar-refractivity contribution in [2.24, 2.45) is 5.10 Å². The maximum atomic E-state index is 8.97. The molecule has 0 unspecified atom stereocenters. The molecule has 1 aromatic carbocycles. The molecule has 1 aliphatic heterocycles. The minimum absolute atomic E-state index is 0.450. The summed E-state index contributed by atoms with van der Waals surface area (Å²) in [6, 6.07) is 6.91. The van der Waals surface area contributed by atoms with Gasteiger partial charge in [-0.1, -0.05) is 24.3 Å². The van der Waals surface area contributed by atoms with Crippen molar-refractivity contribution in [1.82, 2.24) is 5.43 Å². The zero-order valence-corrected chi connectivity index (χ0v) is 7.33. The van der Waals surface area contributed by atoms with E-state index in [0.29, 0.717) is 5.46 Å². The largest absolute Gasteiger partial charge is 0.488 e. The normalized spacial score (nSPS) is 13.7. The van der Waals surface area contributed by atoms with Crippen molar-refractivity contribution in [3.8, 4) is 0 Å². The van der Waals surface area contributed by atoms with Crippen LogP contribution in [-0.4, -0.2) is 22.9 Å². The molecule has 0 atom stereocenters. The average Bonchev–Trinajstić information content (AvgIpc) is 2.71. The summed E-state index contributed by atoms with van der Waals surface area (Å²) < 4.78 is 0. The van der Waals surface area contributed by atoms with Crippen molar-refractivity contribution < 1.29 is 10.0 Å². The molecule has 1 aliphatic rings. The van der Waals surface area contributed by atoms with E-state index in [1.807, 2.05) is 6.07 Å². The van der Waals surface area contributed by atoms with Crippen LogP contribution in [0.3, 0.4) is 0 Å². The summed E-state index contributed by atoms with van der Waals surface area (Å²) in [7, 11) is -1.45. The van der Waals surface area contributed by atoms with E-state index in [1.165, 1.54) is 0 Å². The highest BCUT2D eigenvalue weighted by Gasteiger charge is 2.12. The molecule has 5 heteroatoms. The maximum Gasteiger partial charge on any atom is 0.488 e. The Labute approximate surface area is 81.7 Å². The van der Waals surface area contributed by atoms with Gasteiger partial charge in [0.05, 0.1) is 11.9 Å². The van der Waals surface area contributed by atoms with Crippen LogP contribution in [0.25, 0.3) is 0 Å². The second-order valence-corrected chi connectivity index (χ2v) is 2.92. The number of rotatable bonds is 2. The molecule has 0 aliphatic carbocycles. The third-order valence-electron chi connectivity index (χ3n) is 1.95. The van der Waals surface area contributed by atoms with Crippen LogP contribution in [-0.2, 0) is 0 Å². The fraction of sp³-hybridized carbons (Fsp3) is 0. The molecule has 14 heavy (non-hydrogen) atoms. The van der Waals surface area contributed by atoms with E-state index < -0.39 is 7.12 Å². The lowest BCUT2D eigenvalue weighted by molar-refractivity contribution is 0.426. The van der Waals surface area contributed by atoms with Crippen LogP contribution in [0.15, 0.2) is 41.6 Å². The molecule has 0 amide bonds. The van der Waals surface area contributed by atoms with Gasteiger partial charge in [0.15, 0.2) is 0 Å². The van der Waals surface area contributed by atoms with Crippen molar-refractivity contribution in [2.45, 2.75) is 0 Å². The Morgan fingerprint density at radius 1 is 1.21 bits per heavy atom. The van der Waals surface area contributed by atoms with Gasteiger partial charge in [-0.25, -0.2) is 0 Å². The molecular weight excluding hydrogens is 179 g/mol. The predicted molar refractivity (Wildman–Crippen MR) is 54.1 cm³/mol. The lowest BCUT2D eigenvalue weighted by Crippen LogP contribution is -2.30. The lowest BCUT2D eigenvalue weighted by atomic mass is 9.79. The Morgan fingerprint density at radius 2 is 2.07 bits per heavy atom. The number of benzene rings is 1. The van der Waals surface area contributed by atoms with E-state index >= 15 is 0 Å². The molecule has 2 N–H and O–H groups in total. The zero-order valence-electron chi connectivity index (χ0n) is 7.33. The van der Waals surface area contributed by atoms with Crippen LogP contribution in [0.5, 0.6) is 0 Å². The second kappa shape index (κ2) is 3.65. The fourth-order valence-corrected chi connectivity index (χ4v) is 1.25. The van der Waals surface area contributed by atoms with Gasteiger partial charge in [0, 0.05) is 5.56 Å². The van der Waals surface area contributed by atoms with Gasteiger partial charge >= 0.3 is 7.12 Å². The van der Waals surface area contributed by atoms with E-state index in [0.717, 1.165) is 11.3 Å². The first-order valence-corrected chi connectivity index (χ1v) is 4.18. The third-order valence-corrected chi connectivity index (χ3v) is 1.95. The maximum absolute atomic E-state index is 8.97. The molecular formula is C9H8BN2O2. The van der Waals surface area contributed by atoms with Crippen LogP contribution >= 0.6 is 0 Å². The first-order valence-electron chi connectivity index (χ1n) is 4.18. The van der Waals surface area contributed by atoms with Crippen LogP contribution < -0.4 is 10.9 Å². The molecule has 4 nitrogen and oxygen atoms in total. The number of nitrogens with zero attached hydrogens (tertiary/aromatic N) is 2. The monoisotopic (exact) mass is 187 g/mol. The Kier molecular flexibility index (Phi) is 2.34. The van der Waals surface area contributed by atoms with E-state index in [-0.39, 0.29) is 0 Å². The van der Waals surface area contributed by atoms with Crippen molar-refractivity contribution in [2.75, 3.05) is 0 Å². The van der Waals surface area contributed by atoms with Crippen LogP contribution in [0.2, 0.25) is 0 Å². The standard InChI is InChI=1S/C9H8BN2O2/c13-10(14)8-3-1-2-7(6-8)9-4-5-11-12-9/h1-6,13-14H. The second-order valence-electron chi connectivity index (χ2n) is 2.92. The Morgan fingerprint density at radius 3 is 2.71 bits per heavy atom. The summed E-state index contributed by atoms with van der Waals surface area (Å²) in [5.41, 5.74) is 5.70. The SMILES string of the molecule is OB(O)c1cccc(C2=N[N]C=C2)c1. The smallest absolute Gasteiger partial charge is 0.423 e. The molecule has 0 spiro atoms. The topological polar surface area (TPSA) is 66.9 Å². The van der Waals surface area contributed by atoms with Crippen molar-refractivity contribution in [3.63, 3.8) is 0 Å². The minimum Gasteiger partial charge on any atom is -0.423 e. The number of hydrogen-bond acceptors (Lipinski definition) is 3. The quantitative estimate of drug-likeness (QED) is 0.595. The lowest BCUT2D eigenvalue weighted by Gasteiger charge is -2.01. The van der Waals surface area contributed by atoms with Gasteiger partial charge in [-0.05, 0) is 11.5 Å². The van der Waals surface area contributed by atoms with Crippen LogP contribution in [0.1, 0.15) is 5.56 Å². The summed E-state index contributed by atoms with van der Waals surface area (Å²) >= 11 is 0. The van der Waals surface area contributed by atoms with Crippen molar-refractivity contribution in [1.29, 1.82) is 0 Å². The Balaban J connectivity index is 2.35. The van der Waals surface area contributed by atoms with Gasteiger partial charge in [0.1, 0.15) is 0 Å². The molecule has 0 saturated heterocycles. The van der Waals surface area contributed by atoms with Gasteiger partial charge in [-0.3, -0.25) is 0 Å². The van der Waals surface area contributed by atoms with Crippen molar-refractivity contribution in [3.05, 3.63) is 42.1 Å². The van der Waals surface area contributed by atoms with E-state index in [4.69, 9.17) is 10.0 Å². The van der Waals surface area contributed by atoms with Gasteiger partial charge in [0.25, 0.3) is 0 Å². The fourth-order valence-electron chi connectivity index (χ4n) is 1.25. The Bertz CT molecular complexity index is 402. The first-order chi connectivity index (χ1) is 6.77. The Hall–Kier alpha value is -1.59. The van der Waals surface area contributed by atoms with Crippen LogP contribution in [0.4, 0.5) is 0 Å². The summed E-state index contributed by atoms with van der Waals surface area (Å²) in [5.74, 6) is 0. The molecule has 2 rings (SSSR count). The highest BCUT2D eigenvalue weighted by atomic mass is 16.4. The molecule has 0 aromatic heterocycles. The summed E-state index contributed by atoms with van der Waals surface area (Å²) in [6.45, 7) is 0. The van der Waals surface area contributed by atoms with Gasteiger partial charge in [-0.2, -0.15) is 10.5 Å². The van der Waals surface area contributed by atoms with E-state index in [1.54, 1.807) is 30.5 Å². The highest BCUT2D eigenvalue weighted by molar-refractivity contribution is 6.58. The average molecular weight is 187 g/mol. The zero-order chi connectivity index (χ0) is 9.97. The van der Waals surface area contributed by atoms with Crippen LogP contribution in [0, 0.1) is 0 Å². The van der Waals surface area contributed by atoms with Gasteiger partial charge in [0.2, 0.25) is 0 Å². The molecule has 0 bridgehead atoms. The molecule has 0 saturated carbocycles. The van der Waals surface area contributed by atoms with E-state index in [2.05, 4.69) is 10.5 Å². The van der Waals surface area contributed by atoms with Gasteiger partial charge in [-0.15, -0.1) is 0 Å². The number of allylic oxidation sites excluding steroid dienone is 1. The summed E-state index contributed by atoms with van der Waals surface area (Å²) in [4.78, 5) is 0. The molecule has 1 heterocycles. The van der Waals surface area contributed by atoms with Gasteiger partial charge < -0.3 is 10.0 Å². The molecule has 1 radical (unpaired) electrons. The molecule has 69 valence electrons. The summed E-state index contributed by atoms with van der Waals surface area (Å²) in [6.07, 6.45) is 3.36. The molecule has 1 aromatic rings. The first kappa shape index (κ1) is 8.99. The molecule has 0 fully saturated rings. The minimum atomic E-state index is -1.45. The highest BCUT2D eigenvalue weighted by Crippen LogP contribution is 2.04. The van der Waals surface area contributed by atoms with Crippen molar-refractivity contribution >= 4 is 18.3 Å². The summed E-state index contributed by atoms with van der Waals surface area (Å²) in [5, 5.41) is 21.8. The third kappa shape index (κ3) is 1.68. The van der Waals surface area contributed by atoms with E-state index in [9.17, 15) is 0 Å². The predicted octanol–water partition coefficient (Wildman–Crippen LogP) is -0.798. The number of hydrogen-bond donors (Lipinski definition) is 2.